The number of aromatic nitrogens is 5. The van der Waals surface area contributed by atoms with Crippen molar-refractivity contribution in [3.05, 3.63) is 169 Å². The lowest BCUT2D eigenvalue weighted by molar-refractivity contribution is 0.151. The number of hydrogen-bond donors (Lipinski definition) is 1. The highest BCUT2D eigenvalue weighted by molar-refractivity contribution is 6.11. The first-order valence-electron chi connectivity index (χ1n) is 17.5. The predicted molar refractivity (Wildman–Crippen MR) is 209 cm³/mol. The molecule has 0 radical (unpaired) electrons. The maximum absolute atomic E-state index is 11.7. The maximum atomic E-state index is 11.7. The number of para-hydroxylation sites is 2. The van der Waals surface area contributed by atoms with Gasteiger partial charge in [0.1, 0.15) is 5.82 Å². The van der Waals surface area contributed by atoms with Crippen molar-refractivity contribution in [3.8, 4) is 50.8 Å². The van der Waals surface area contributed by atoms with E-state index in [9.17, 15) is 5.11 Å². The number of nitrogens with zero attached hydrogens (tertiary/aromatic N) is 5. The van der Waals surface area contributed by atoms with Gasteiger partial charge in [0.2, 0.25) is 5.95 Å². The molecule has 11 rings (SSSR count). The summed E-state index contributed by atoms with van der Waals surface area (Å²) in [6.45, 7) is 0. The molecular weight excluding hydrogens is 639 g/mol. The Labute approximate surface area is 298 Å². The van der Waals surface area contributed by atoms with E-state index in [1.807, 2.05) is 83.4 Å². The summed E-state index contributed by atoms with van der Waals surface area (Å²) in [6.07, 6.45) is -0.836. The van der Waals surface area contributed by atoms with Crippen molar-refractivity contribution in [3.63, 3.8) is 0 Å². The van der Waals surface area contributed by atoms with E-state index >= 15 is 0 Å². The molecule has 3 aromatic heterocycles. The summed E-state index contributed by atoms with van der Waals surface area (Å²) in [5.41, 5.74) is 12.8. The lowest BCUT2D eigenvalue weighted by Gasteiger charge is -2.26. The van der Waals surface area contributed by atoms with Gasteiger partial charge in [-0.25, -0.2) is 15.0 Å². The normalized spacial score (nSPS) is 13.7. The first-order chi connectivity index (χ1) is 25.7. The van der Waals surface area contributed by atoms with Gasteiger partial charge in [0.05, 0.1) is 33.3 Å². The number of imidazole rings is 1. The third-order valence-corrected chi connectivity index (χ3v) is 10.4. The third-order valence-electron chi connectivity index (χ3n) is 10.4. The quantitative estimate of drug-likeness (QED) is 0.203. The lowest BCUT2D eigenvalue weighted by atomic mass is 9.91. The minimum absolute atomic E-state index is 0.636. The van der Waals surface area contributed by atoms with Gasteiger partial charge in [-0.2, -0.15) is 0 Å². The lowest BCUT2D eigenvalue weighted by Crippen LogP contribution is -2.16. The number of rotatable bonds is 4. The smallest absolute Gasteiger partial charge is 0.235 e. The van der Waals surface area contributed by atoms with Gasteiger partial charge in [-0.3, -0.25) is 9.13 Å². The predicted octanol–water partition coefficient (Wildman–Crippen LogP) is 10.6. The summed E-state index contributed by atoms with van der Waals surface area (Å²) >= 11 is 0. The van der Waals surface area contributed by atoms with Gasteiger partial charge < -0.3 is 5.11 Å². The monoisotopic (exact) mass is 667 g/mol. The minimum Gasteiger partial charge on any atom is -0.369 e. The minimum atomic E-state index is -0.836. The van der Waals surface area contributed by atoms with E-state index < -0.39 is 6.23 Å². The van der Waals surface area contributed by atoms with Crippen LogP contribution in [-0.2, 0) is 0 Å². The number of benzene rings is 7. The molecule has 1 atom stereocenters. The Bertz CT molecular complexity index is 3030. The van der Waals surface area contributed by atoms with Gasteiger partial charge in [0, 0.05) is 38.4 Å². The zero-order valence-electron chi connectivity index (χ0n) is 27.8. The van der Waals surface area contributed by atoms with Gasteiger partial charge in [-0.05, 0) is 53.1 Å². The van der Waals surface area contributed by atoms with Gasteiger partial charge in [-0.15, -0.1) is 0 Å². The SMILES string of the molecule is OC1c2ccccc2-c2cc(-c3ccc4c(c3)c3ccccc3n4-c3nc(-c4ccccc4)c4ccccc4n3)cc3nc(-c4ccccc4)n1c23. The average molecular weight is 668 g/mol. The Kier molecular flexibility index (Phi) is 6.14. The van der Waals surface area contributed by atoms with E-state index in [1.165, 1.54) is 0 Å². The van der Waals surface area contributed by atoms with Crippen molar-refractivity contribution in [1.29, 1.82) is 0 Å². The van der Waals surface area contributed by atoms with Gasteiger partial charge in [0.25, 0.3) is 0 Å². The first kappa shape index (κ1) is 28.9. The fourth-order valence-electron chi connectivity index (χ4n) is 8.09. The van der Waals surface area contributed by atoms with E-state index in [-0.39, 0.29) is 0 Å². The second-order valence-electron chi connectivity index (χ2n) is 13.4. The maximum Gasteiger partial charge on any atom is 0.235 e. The van der Waals surface area contributed by atoms with Crippen molar-refractivity contribution >= 4 is 43.7 Å². The summed E-state index contributed by atoms with van der Waals surface area (Å²) < 4.78 is 4.17. The fraction of sp³-hybridized carbons (Fsp3) is 0.0217. The molecule has 52 heavy (non-hydrogen) atoms. The third kappa shape index (κ3) is 4.19. The van der Waals surface area contributed by atoms with Crippen LogP contribution in [0.4, 0.5) is 0 Å². The standard InChI is InChI=1S/C46H29N5O/c52-45-34-19-8-7-17-32(34)37-26-31(27-39-43(37)51(45)44(47-39)29-15-5-2-6-16-29)30-23-24-41-36(25-30)33-18-10-12-22-40(33)50(41)46-48-38-21-11-9-20-35(38)42(49-46)28-13-3-1-4-14-28/h1-27,45,52H. The van der Waals surface area contributed by atoms with Crippen molar-refractivity contribution < 1.29 is 5.11 Å². The van der Waals surface area contributed by atoms with E-state index in [1.54, 1.807) is 0 Å². The zero-order chi connectivity index (χ0) is 34.3. The molecule has 1 aliphatic rings. The molecule has 0 aliphatic carbocycles. The van der Waals surface area contributed by atoms with Crippen LogP contribution < -0.4 is 0 Å². The van der Waals surface area contributed by atoms with Crippen LogP contribution in [-0.4, -0.2) is 29.2 Å². The first-order valence-corrected chi connectivity index (χ1v) is 17.5. The van der Waals surface area contributed by atoms with Crippen LogP contribution >= 0.6 is 0 Å². The molecule has 0 amide bonds. The summed E-state index contributed by atoms with van der Waals surface area (Å²) in [5, 5.41) is 15.0. The molecule has 0 bridgehead atoms. The van der Waals surface area contributed by atoms with Gasteiger partial charge in [-0.1, -0.05) is 127 Å². The Hall–Kier alpha value is -6.89. The number of aliphatic hydroxyl groups excluding tert-OH is 1. The highest BCUT2D eigenvalue weighted by atomic mass is 16.3. The Balaban J connectivity index is 1.14. The fourth-order valence-corrected chi connectivity index (χ4v) is 8.09. The molecule has 1 N–H and O–H groups in total. The van der Waals surface area contributed by atoms with Crippen LogP contribution in [0, 0.1) is 0 Å². The topological polar surface area (TPSA) is 68.8 Å². The van der Waals surface area contributed by atoms with Crippen LogP contribution in [0.3, 0.4) is 0 Å². The molecule has 0 saturated carbocycles. The largest absolute Gasteiger partial charge is 0.369 e. The van der Waals surface area contributed by atoms with Crippen LogP contribution in [0.1, 0.15) is 11.8 Å². The molecule has 4 heterocycles. The molecule has 6 heteroatoms. The molecule has 0 saturated heterocycles. The highest BCUT2D eigenvalue weighted by Gasteiger charge is 2.30. The molecule has 6 nitrogen and oxygen atoms in total. The molecule has 1 unspecified atom stereocenters. The highest BCUT2D eigenvalue weighted by Crippen LogP contribution is 2.46. The molecule has 244 valence electrons. The Morgan fingerprint density at radius 3 is 2.00 bits per heavy atom. The van der Waals surface area contributed by atoms with Crippen LogP contribution in [0.15, 0.2) is 164 Å². The van der Waals surface area contributed by atoms with Crippen LogP contribution in [0.25, 0.3) is 94.6 Å². The van der Waals surface area contributed by atoms with E-state index in [0.29, 0.717) is 5.95 Å². The second kappa shape index (κ2) is 11.1. The van der Waals surface area contributed by atoms with Crippen molar-refractivity contribution in [2.24, 2.45) is 0 Å². The second-order valence-corrected chi connectivity index (χ2v) is 13.4. The summed E-state index contributed by atoms with van der Waals surface area (Å²) in [4.78, 5) is 15.5. The Morgan fingerprint density at radius 2 is 1.15 bits per heavy atom. The van der Waals surface area contributed by atoms with E-state index in [2.05, 4.69) is 89.5 Å². The molecule has 0 fully saturated rings. The average Bonchev–Trinajstić information content (AvgIpc) is 3.76. The number of aliphatic hydroxyl groups is 1. The summed E-state index contributed by atoms with van der Waals surface area (Å²) in [6, 6.07) is 56.3. The molecule has 0 spiro atoms. The summed E-state index contributed by atoms with van der Waals surface area (Å²) in [7, 11) is 0. The zero-order valence-corrected chi connectivity index (χ0v) is 27.8. The van der Waals surface area contributed by atoms with E-state index in [0.717, 1.165) is 94.2 Å². The number of hydrogen-bond acceptors (Lipinski definition) is 4. The van der Waals surface area contributed by atoms with Crippen molar-refractivity contribution in [2.45, 2.75) is 6.23 Å². The van der Waals surface area contributed by atoms with Crippen LogP contribution in [0.2, 0.25) is 0 Å². The molecule has 10 aromatic rings. The van der Waals surface area contributed by atoms with Gasteiger partial charge >= 0.3 is 0 Å². The Morgan fingerprint density at radius 1 is 0.462 bits per heavy atom. The van der Waals surface area contributed by atoms with Crippen LogP contribution in [0.5, 0.6) is 0 Å². The van der Waals surface area contributed by atoms with E-state index in [4.69, 9.17) is 15.0 Å². The molecule has 1 aliphatic heterocycles. The summed E-state index contributed by atoms with van der Waals surface area (Å²) in [5.74, 6) is 1.39. The van der Waals surface area contributed by atoms with Crippen molar-refractivity contribution in [1.82, 2.24) is 24.1 Å². The molecular formula is C46H29N5O. The van der Waals surface area contributed by atoms with Crippen molar-refractivity contribution in [2.75, 3.05) is 0 Å². The number of fused-ring (bicyclic) bond motifs is 6. The van der Waals surface area contributed by atoms with Gasteiger partial charge in [0.15, 0.2) is 6.23 Å². The molecule has 7 aromatic carbocycles.